The molecular weight excluding hydrogens is 304 g/mol. The average molecular weight is 332 g/mol. The molecule has 0 N–H and O–H groups in total. The largest absolute Gasteiger partial charge is 0.481 e. The van der Waals surface area contributed by atoms with Gasteiger partial charge >= 0.3 is 0 Å². The Morgan fingerprint density at radius 1 is 1.04 bits per heavy atom. The van der Waals surface area contributed by atoms with Crippen LogP contribution in [-0.4, -0.2) is 53.9 Å². The Bertz CT molecular complexity index is 605. The number of ether oxygens (including phenoxy) is 1. The Morgan fingerprint density at radius 2 is 1.62 bits per heavy atom. The van der Waals surface area contributed by atoms with Crippen molar-refractivity contribution in [2.75, 3.05) is 26.2 Å². The first-order valence-corrected chi connectivity index (χ1v) is 8.61. The van der Waals surface area contributed by atoms with Crippen molar-refractivity contribution in [1.29, 1.82) is 0 Å². The minimum Gasteiger partial charge on any atom is -0.481 e. The van der Waals surface area contributed by atoms with Crippen LogP contribution in [0.5, 0.6) is 5.75 Å². The van der Waals surface area contributed by atoms with Gasteiger partial charge in [-0.25, -0.2) is 0 Å². The van der Waals surface area contributed by atoms with Crippen LogP contribution in [-0.2, 0) is 9.59 Å². The lowest BCUT2D eigenvalue weighted by atomic mass is 10.0. The zero-order valence-corrected chi connectivity index (χ0v) is 15.3. The fraction of sp³-hybridized carbons (Fsp3) is 0.579. The predicted molar refractivity (Wildman–Crippen MR) is 94.2 cm³/mol. The number of benzene rings is 1. The molecular formula is C19H28N2O3. The summed E-state index contributed by atoms with van der Waals surface area (Å²) in [5.41, 5.74) is 2.23. The zero-order chi connectivity index (χ0) is 17.9. The van der Waals surface area contributed by atoms with Crippen molar-refractivity contribution in [3.05, 3.63) is 29.3 Å². The van der Waals surface area contributed by atoms with E-state index in [1.165, 1.54) is 0 Å². The molecule has 0 bridgehead atoms. The van der Waals surface area contributed by atoms with Crippen molar-refractivity contribution in [3.63, 3.8) is 0 Å². The number of hydrogen-bond donors (Lipinski definition) is 0. The molecule has 132 valence electrons. The summed E-state index contributed by atoms with van der Waals surface area (Å²) in [4.78, 5) is 27.6. The molecule has 24 heavy (non-hydrogen) atoms. The van der Waals surface area contributed by atoms with Crippen molar-refractivity contribution in [3.8, 4) is 5.75 Å². The van der Waals surface area contributed by atoms with E-state index in [9.17, 15) is 9.59 Å². The summed E-state index contributed by atoms with van der Waals surface area (Å²) in [7, 11) is 0. The van der Waals surface area contributed by atoms with Crippen molar-refractivity contribution in [1.82, 2.24) is 9.80 Å². The molecule has 0 aromatic heterocycles. The number of hydrogen-bond acceptors (Lipinski definition) is 3. The van der Waals surface area contributed by atoms with Crippen LogP contribution in [0.1, 0.15) is 44.7 Å². The van der Waals surface area contributed by atoms with Crippen LogP contribution in [0.25, 0.3) is 0 Å². The van der Waals surface area contributed by atoms with E-state index < -0.39 is 6.10 Å². The highest BCUT2D eigenvalue weighted by molar-refractivity contribution is 5.81. The first-order valence-electron chi connectivity index (χ1n) is 8.61. The molecule has 1 aliphatic heterocycles. The van der Waals surface area contributed by atoms with Gasteiger partial charge in [-0.05, 0) is 37.0 Å². The van der Waals surface area contributed by atoms with Crippen LogP contribution < -0.4 is 4.74 Å². The number of piperazine rings is 1. The van der Waals surface area contributed by atoms with Gasteiger partial charge in [0.15, 0.2) is 6.10 Å². The normalized spacial score (nSPS) is 16.2. The summed E-state index contributed by atoms with van der Waals surface area (Å²) < 4.78 is 6.01. The Labute approximate surface area is 144 Å². The summed E-state index contributed by atoms with van der Waals surface area (Å²) in [6.07, 6.45) is -0.534. The molecule has 1 unspecified atom stereocenters. The van der Waals surface area contributed by atoms with Crippen LogP contribution in [0.2, 0.25) is 0 Å². The van der Waals surface area contributed by atoms with E-state index in [4.69, 9.17) is 4.74 Å². The van der Waals surface area contributed by atoms with Gasteiger partial charge in [0, 0.05) is 33.1 Å². The number of carbonyl (C=O) groups is 2. The highest BCUT2D eigenvalue weighted by Gasteiger charge is 2.27. The lowest BCUT2D eigenvalue weighted by Crippen LogP contribution is -2.52. The highest BCUT2D eigenvalue weighted by atomic mass is 16.5. The van der Waals surface area contributed by atoms with Crippen LogP contribution >= 0.6 is 0 Å². The Morgan fingerprint density at radius 3 is 2.17 bits per heavy atom. The van der Waals surface area contributed by atoms with E-state index in [0.717, 1.165) is 16.9 Å². The SMILES string of the molecule is CC(=O)N1CCN(C(=O)C(C)Oc2cc(C)ccc2C(C)C)CC1. The van der Waals surface area contributed by atoms with Crippen molar-refractivity contribution < 1.29 is 14.3 Å². The fourth-order valence-corrected chi connectivity index (χ4v) is 2.96. The zero-order valence-electron chi connectivity index (χ0n) is 15.3. The molecule has 2 amide bonds. The molecule has 5 nitrogen and oxygen atoms in total. The molecule has 5 heteroatoms. The van der Waals surface area contributed by atoms with Gasteiger partial charge in [-0.15, -0.1) is 0 Å². The highest BCUT2D eigenvalue weighted by Crippen LogP contribution is 2.28. The number of amides is 2. The lowest BCUT2D eigenvalue weighted by Gasteiger charge is -2.35. The van der Waals surface area contributed by atoms with Crippen LogP contribution in [0.3, 0.4) is 0 Å². The van der Waals surface area contributed by atoms with E-state index in [1.807, 2.05) is 13.0 Å². The van der Waals surface area contributed by atoms with Crippen LogP contribution in [0.4, 0.5) is 0 Å². The Hall–Kier alpha value is -2.04. The van der Waals surface area contributed by atoms with Gasteiger partial charge in [0.2, 0.25) is 5.91 Å². The number of carbonyl (C=O) groups excluding carboxylic acids is 2. The summed E-state index contributed by atoms with van der Waals surface area (Å²) in [5, 5.41) is 0. The number of rotatable bonds is 4. The topological polar surface area (TPSA) is 49.9 Å². The quantitative estimate of drug-likeness (QED) is 0.851. The molecule has 1 aromatic carbocycles. The standard InChI is InChI=1S/C19H28N2O3/c1-13(2)17-7-6-14(3)12-18(17)24-15(4)19(23)21-10-8-20(9-11-21)16(5)22/h6-7,12-13,15H,8-11H2,1-5H3. The molecule has 1 saturated heterocycles. The van der Waals surface area contributed by atoms with Gasteiger partial charge in [0.25, 0.3) is 5.91 Å². The average Bonchev–Trinajstić information content (AvgIpc) is 2.54. The minimum atomic E-state index is -0.534. The second kappa shape index (κ2) is 7.69. The predicted octanol–water partition coefficient (Wildman–Crippen LogP) is 2.58. The summed E-state index contributed by atoms with van der Waals surface area (Å²) in [5.74, 6) is 1.16. The van der Waals surface area contributed by atoms with Gasteiger partial charge in [-0.1, -0.05) is 26.0 Å². The van der Waals surface area contributed by atoms with E-state index in [0.29, 0.717) is 32.1 Å². The van der Waals surface area contributed by atoms with E-state index in [2.05, 4.69) is 26.0 Å². The van der Waals surface area contributed by atoms with Crippen molar-refractivity contribution in [2.45, 2.75) is 46.6 Å². The fourth-order valence-electron chi connectivity index (χ4n) is 2.96. The summed E-state index contributed by atoms with van der Waals surface area (Å²) in [6, 6.07) is 6.13. The summed E-state index contributed by atoms with van der Waals surface area (Å²) in [6.45, 7) is 11.9. The maximum Gasteiger partial charge on any atom is 0.263 e. The molecule has 1 aromatic rings. The molecule has 1 fully saturated rings. The van der Waals surface area contributed by atoms with Gasteiger partial charge in [-0.2, -0.15) is 0 Å². The third-order valence-corrected chi connectivity index (χ3v) is 4.48. The second-order valence-corrected chi connectivity index (χ2v) is 6.79. The number of nitrogens with zero attached hydrogens (tertiary/aromatic N) is 2. The third kappa shape index (κ3) is 4.28. The Balaban J connectivity index is 2.02. The Kier molecular flexibility index (Phi) is 5.86. The molecule has 0 radical (unpaired) electrons. The smallest absolute Gasteiger partial charge is 0.263 e. The van der Waals surface area contributed by atoms with Crippen molar-refractivity contribution in [2.24, 2.45) is 0 Å². The van der Waals surface area contributed by atoms with Gasteiger partial charge in [-0.3, -0.25) is 9.59 Å². The van der Waals surface area contributed by atoms with E-state index in [1.54, 1.807) is 23.6 Å². The second-order valence-electron chi connectivity index (χ2n) is 6.79. The maximum absolute atomic E-state index is 12.6. The number of aryl methyl sites for hydroxylation is 1. The van der Waals surface area contributed by atoms with E-state index >= 15 is 0 Å². The first kappa shape index (κ1) is 18.3. The molecule has 1 aliphatic rings. The molecule has 2 rings (SSSR count). The van der Waals surface area contributed by atoms with Crippen molar-refractivity contribution >= 4 is 11.8 Å². The van der Waals surface area contributed by atoms with Gasteiger partial charge < -0.3 is 14.5 Å². The minimum absolute atomic E-state index is 0.0191. The van der Waals surface area contributed by atoms with Crippen LogP contribution in [0.15, 0.2) is 18.2 Å². The molecule has 0 aliphatic carbocycles. The first-order chi connectivity index (χ1) is 11.3. The molecule has 1 atom stereocenters. The van der Waals surface area contributed by atoms with Gasteiger partial charge in [0.05, 0.1) is 0 Å². The van der Waals surface area contributed by atoms with E-state index in [-0.39, 0.29) is 11.8 Å². The molecule has 1 heterocycles. The van der Waals surface area contributed by atoms with Crippen LogP contribution in [0, 0.1) is 6.92 Å². The lowest BCUT2D eigenvalue weighted by molar-refractivity contribution is -0.143. The summed E-state index contributed by atoms with van der Waals surface area (Å²) >= 11 is 0. The molecule has 0 spiro atoms. The monoisotopic (exact) mass is 332 g/mol. The third-order valence-electron chi connectivity index (χ3n) is 4.48. The van der Waals surface area contributed by atoms with Gasteiger partial charge in [0.1, 0.15) is 5.75 Å². The maximum atomic E-state index is 12.6. The molecule has 0 saturated carbocycles.